The number of methoxy groups -OCH3 is 2. The van der Waals surface area contributed by atoms with Gasteiger partial charge in [0.1, 0.15) is 17.3 Å². The number of hydrogen-bond acceptors (Lipinski definition) is 5. The van der Waals surface area contributed by atoms with Crippen LogP contribution in [0.1, 0.15) is 17.4 Å². The molecule has 0 saturated carbocycles. The Morgan fingerprint density at radius 2 is 1.70 bits per heavy atom. The molecule has 1 atom stereocenters. The summed E-state index contributed by atoms with van der Waals surface area (Å²) < 4.78 is 10.4. The molecule has 6 nitrogen and oxygen atoms in total. The molecule has 0 aliphatic heterocycles. The first-order chi connectivity index (χ1) is 11.2. The Morgan fingerprint density at radius 1 is 1.00 bits per heavy atom. The maximum atomic E-state index is 6.27. The minimum Gasteiger partial charge on any atom is -0.497 e. The van der Waals surface area contributed by atoms with Crippen molar-refractivity contribution in [2.75, 3.05) is 14.2 Å². The van der Waals surface area contributed by atoms with Crippen LogP contribution in [0.15, 0.2) is 48.5 Å². The highest BCUT2D eigenvalue weighted by Crippen LogP contribution is 2.24. The summed E-state index contributed by atoms with van der Waals surface area (Å²) in [6, 6.07) is 14.8. The van der Waals surface area contributed by atoms with Gasteiger partial charge in [-0.3, -0.25) is 5.10 Å². The van der Waals surface area contributed by atoms with Gasteiger partial charge in [0.15, 0.2) is 5.82 Å². The highest BCUT2D eigenvalue weighted by molar-refractivity contribution is 5.57. The highest BCUT2D eigenvalue weighted by Gasteiger charge is 2.15. The molecule has 3 rings (SSSR count). The lowest BCUT2D eigenvalue weighted by Crippen LogP contribution is -2.13. The van der Waals surface area contributed by atoms with Crippen LogP contribution in [0.5, 0.6) is 11.5 Å². The van der Waals surface area contributed by atoms with E-state index in [4.69, 9.17) is 15.2 Å². The van der Waals surface area contributed by atoms with Gasteiger partial charge in [0.2, 0.25) is 0 Å². The number of nitrogens with zero attached hydrogens (tertiary/aromatic N) is 2. The van der Waals surface area contributed by atoms with Gasteiger partial charge in [-0.25, -0.2) is 4.98 Å². The van der Waals surface area contributed by atoms with Crippen LogP contribution >= 0.6 is 0 Å². The maximum Gasteiger partial charge on any atom is 0.181 e. The van der Waals surface area contributed by atoms with Crippen LogP contribution in [-0.2, 0) is 0 Å². The second kappa shape index (κ2) is 6.50. The van der Waals surface area contributed by atoms with E-state index in [0.29, 0.717) is 11.6 Å². The summed E-state index contributed by atoms with van der Waals surface area (Å²) in [5.41, 5.74) is 8.04. The molecule has 1 heterocycles. The summed E-state index contributed by atoms with van der Waals surface area (Å²) in [7, 11) is 3.25. The first-order valence-corrected chi connectivity index (χ1v) is 7.17. The van der Waals surface area contributed by atoms with Crippen LogP contribution in [0, 0.1) is 0 Å². The van der Waals surface area contributed by atoms with Crippen LogP contribution < -0.4 is 15.2 Å². The quantitative estimate of drug-likeness (QED) is 0.756. The summed E-state index contributed by atoms with van der Waals surface area (Å²) >= 11 is 0. The Kier molecular flexibility index (Phi) is 4.25. The van der Waals surface area contributed by atoms with Gasteiger partial charge in [0.05, 0.1) is 20.3 Å². The fourth-order valence-corrected chi connectivity index (χ4v) is 2.30. The Morgan fingerprint density at radius 3 is 2.43 bits per heavy atom. The molecule has 0 aliphatic rings. The average Bonchev–Trinajstić information content (AvgIpc) is 3.11. The molecule has 23 heavy (non-hydrogen) atoms. The number of benzene rings is 2. The molecule has 0 bridgehead atoms. The van der Waals surface area contributed by atoms with Gasteiger partial charge in [-0.05, 0) is 29.8 Å². The zero-order valence-electron chi connectivity index (χ0n) is 13.0. The summed E-state index contributed by atoms with van der Waals surface area (Å²) in [6.45, 7) is 0. The average molecular weight is 310 g/mol. The number of aromatic nitrogens is 3. The lowest BCUT2D eigenvalue weighted by Gasteiger charge is -2.09. The summed E-state index contributed by atoms with van der Waals surface area (Å²) in [4.78, 5) is 4.50. The molecular weight excluding hydrogens is 292 g/mol. The van der Waals surface area contributed by atoms with Crippen molar-refractivity contribution in [2.24, 2.45) is 5.73 Å². The number of aromatic amines is 1. The van der Waals surface area contributed by atoms with Gasteiger partial charge >= 0.3 is 0 Å². The van der Waals surface area contributed by atoms with Gasteiger partial charge in [-0.15, -0.1) is 0 Å². The molecule has 0 spiro atoms. The van der Waals surface area contributed by atoms with Crippen LogP contribution in [0.3, 0.4) is 0 Å². The lowest BCUT2D eigenvalue weighted by atomic mass is 10.1. The van der Waals surface area contributed by atoms with Crippen molar-refractivity contribution in [2.45, 2.75) is 6.04 Å². The number of rotatable bonds is 5. The second-order valence-corrected chi connectivity index (χ2v) is 5.03. The van der Waals surface area contributed by atoms with Crippen molar-refractivity contribution in [1.29, 1.82) is 0 Å². The van der Waals surface area contributed by atoms with Crippen molar-refractivity contribution >= 4 is 0 Å². The number of hydrogen-bond donors (Lipinski definition) is 2. The minimum absolute atomic E-state index is 0.406. The van der Waals surface area contributed by atoms with E-state index in [1.807, 2.05) is 48.5 Å². The van der Waals surface area contributed by atoms with Gasteiger partial charge in [-0.2, -0.15) is 5.10 Å². The van der Waals surface area contributed by atoms with E-state index in [1.165, 1.54) is 0 Å². The van der Waals surface area contributed by atoms with Crippen LogP contribution in [0.4, 0.5) is 0 Å². The van der Waals surface area contributed by atoms with Gasteiger partial charge in [-0.1, -0.05) is 24.3 Å². The van der Waals surface area contributed by atoms with E-state index in [0.717, 1.165) is 22.6 Å². The molecule has 118 valence electrons. The third-order valence-corrected chi connectivity index (χ3v) is 3.58. The Labute approximate surface area is 134 Å². The van der Waals surface area contributed by atoms with E-state index in [2.05, 4.69) is 15.2 Å². The molecule has 0 fully saturated rings. The molecule has 0 aliphatic carbocycles. The topological polar surface area (TPSA) is 86.0 Å². The molecule has 0 radical (unpaired) electrons. The van der Waals surface area contributed by atoms with Crippen LogP contribution in [0.25, 0.3) is 11.4 Å². The zero-order valence-corrected chi connectivity index (χ0v) is 13.0. The summed E-state index contributed by atoms with van der Waals surface area (Å²) in [5.74, 6) is 2.68. The molecule has 3 N–H and O–H groups in total. The lowest BCUT2D eigenvalue weighted by molar-refractivity contribution is 0.414. The third-order valence-electron chi connectivity index (χ3n) is 3.58. The monoisotopic (exact) mass is 310 g/mol. The number of H-pyrrole nitrogens is 1. The third kappa shape index (κ3) is 3.17. The Bertz CT molecular complexity index is 801. The molecule has 0 amide bonds. The molecular formula is C17H18N4O2. The van der Waals surface area contributed by atoms with Crippen LogP contribution in [-0.4, -0.2) is 29.4 Å². The molecule has 0 saturated heterocycles. The maximum absolute atomic E-state index is 6.27. The normalized spacial score (nSPS) is 12.0. The van der Waals surface area contributed by atoms with E-state index in [9.17, 15) is 0 Å². The van der Waals surface area contributed by atoms with Crippen molar-refractivity contribution in [3.63, 3.8) is 0 Å². The fraction of sp³-hybridized carbons (Fsp3) is 0.176. The zero-order chi connectivity index (χ0) is 16.2. The van der Waals surface area contributed by atoms with E-state index >= 15 is 0 Å². The van der Waals surface area contributed by atoms with E-state index < -0.39 is 6.04 Å². The molecule has 3 aromatic rings. The molecule has 0 unspecified atom stereocenters. The van der Waals surface area contributed by atoms with Gasteiger partial charge in [0.25, 0.3) is 0 Å². The fourth-order valence-electron chi connectivity index (χ4n) is 2.30. The predicted octanol–water partition coefficient (Wildman–Crippen LogP) is 2.54. The molecule has 6 heteroatoms. The summed E-state index contributed by atoms with van der Waals surface area (Å²) in [6.07, 6.45) is 0. The van der Waals surface area contributed by atoms with Crippen molar-refractivity contribution in [3.05, 3.63) is 59.9 Å². The Balaban J connectivity index is 1.88. The molecule has 1 aromatic heterocycles. The first-order valence-electron chi connectivity index (χ1n) is 7.17. The smallest absolute Gasteiger partial charge is 0.181 e. The second-order valence-electron chi connectivity index (χ2n) is 5.03. The standard InChI is InChI=1S/C17H18N4O2/c1-22-13-7-3-5-11(9-13)15(18)17-19-16(20-21-17)12-6-4-8-14(10-12)23-2/h3-10,15H,18H2,1-2H3,(H,19,20,21)/t15-/m1/s1. The molecule has 2 aromatic carbocycles. The number of ether oxygens (including phenoxy) is 2. The summed E-state index contributed by atoms with van der Waals surface area (Å²) in [5, 5.41) is 7.16. The van der Waals surface area contributed by atoms with E-state index in [1.54, 1.807) is 14.2 Å². The Hall–Kier alpha value is -2.86. The van der Waals surface area contributed by atoms with Crippen molar-refractivity contribution in [3.8, 4) is 22.9 Å². The minimum atomic E-state index is -0.406. The van der Waals surface area contributed by atoms with Crippen molar-refractivity contribution < 1.29 is 9.47 Å². The van der Waals surface area contributed by atoms with Gasteiger partial charge in [0, 0.05) is 5.56 Å². The van der Waals surface area contributed by atoms with Crippen LogP contribution in [0.2, 0.25) is 0 Å². The van der Waals surface area contributed by atoms with Gasteiger partial charge < -0.3 is 15.2 Å². The SMILES string of the molecule is COc1cccc(-c2n[nH]c([C@H](N)c3cccc(OC)c3)n2)c1. The largest absolute Gasteiger partial charge is 0.497 e. The number of nitrogens with two attached hydrogens (primary N) is 1. The number of nitrogens with one attached hydrogen (secondary N) is 1. The first kappa shape index (κ1) is 15.1. The van der Waals surface area contributed by atoms with Crippen molar-refractivity contribution in [1.82, 2.24) is 15.2 Å². The highest BCUT2D eigenvalue weighted by atomic mass is 16.5. The van der Waals surface area contributed by atoms with E-state index in [-0.39, 0.29) is 0 Å². The predicted molar refractivity (Wildman–Crippen MR) is 87.4 cm³/mol.